The summed E-state index contributed by atoms with van der Waals surface area (Å²) in [6.45, 7) is 2.09. The Bertz CT molecular complexity index is 280. The third kappa shape index (κ3) is 1.29. The van der Waals surface area contributed by atoms with Gasteiger partial charge in [-0.2, -0.15) is 0 Å². The standard InChI is InChI=1S/C9H11NOS/c1-6-2-3-7-8(10-6)4-12-5-9(7)11/h2-3,6,10H,4-5H2,1H3. The molecule has 2 aliphatic rings. The van der Waals surface area contributed by atoms with E-state index in [0.717, 1.165) is 17.0 Å². The normalized spacial score (nSPS) is 28.4. The molecule has 0 aromatic carbocycles. The lowest BCUT2D eigenvalue weighted by molar-refractivity contribution is -0.113. The van der Waals surface area contributed by atoms with E-state index in [2.05, 4.69) is 12.2 Å². The van der Waals surface area contributed by atoms with Gasteiger partial charge in [-0.15, -0.1) is 11.8 Å². The Balaban J connectivity index is 2.31. The molecule has 2 nitrogen and oxygen atoms in total. The van der Waals surface area contributed by atoms with Crippen molar-refractivity contribution in [1.29, 1.82) is 0 Å². The highest BCUT2D eigenvalue weighted by Gasteiger charge is 2.21. The van der Waals surface area contributed by atoms with Gasteiger partial charge in [-0.25, -0.2) is 0 Å². The molecular weight excluding hydrogens is 170 g/mol. The van der Waals surface area contributed by atoms with E-state index < -0.39 is 0 Å². The Morgan fingerprint density at radius 2 is 2.42 bits per heavy atom. The number of rotatable bonds is 0. The fraction of sp³-hybridized carbons (Fsp3) is 0.444. The molecule has 2 aliphatic heterocycles. The molecule has 0 fully saturated rings. The summed E-state index contributed by atoms with van der Waals surface area (Å²) in [5, 5.41) is 3.30. The van der Waals surface area contributed by atoms with E-state index in [1.165, 1.54) is 0 Å². The largest absolute Gasteiger partial charge is 0.381 e. The van der Waals surface area contributed by atoms with Crippen LogP contribution < -0.4 is 5.32 Å². The topological polar surface area (TPSA) is 29.1 Å². The molecule has 0 aromatic rings. The molecule has 1 N–H and O–H groups in total. The minimum absolute atomic E-state index is 0.261. The summed E-state index contributed by atoms with van der Waals surface area (Å²) in [7, 11) is 0. The van der Waals surface area contributed by atoms with Crippen molar-refractivity contribution in [2.45, 2.75) is 13.0 Å². The van der Waals surface area contributed by atoms with Gasteiger partial charge in [0.15, 0.2) is 5.78 Å². The lowest BCUT2D eigenvalue weighted by Gasteiger charge is -2.24. The van der Waals surface area contributed by atoms with Crippen LogP contribution in [0.5, 0.6) is 0 Å². The fourth-order valence-corrected chi connectivity index (χ4v) is 2.33. The van der Waals surface area contributed by atoms with Gasteiger partial charge >= 0.3 is 0 Å². The number of dihydropyridines is 1. The molecule has 2 heterocycles. The molecule has 0 aromatic heterocycles. The van der Waals surface area contributed by atoms with Crippen molar-refractivity contribution in [3.8, 4) is 0 Å². The van der Waals surface area contributed by atoms with E-state index in [-0.39, 0.29) is 5.78 Å². The van der Waals surface area contributed by atoms with Crippen molar-refractivity contribution in [2.75, 3.05) is 11.5 Å². The molecule has 0 saturated heterocycles. The monoisotopic (exact) mass is 181 g/mol. The first-order chi connectivity index (χ1) is 5.77. The van der Waals surface area contributed by atoms with Gasteiger partial charge in [0.1, 0.15) is 0 Å². The van der Waals surface area contributed by atoms with Gasteiger partial charge in [-0.05, 0) is 6.92 Å². The number of hydrogen-bond acceptors (Lipinski definition) is 3. The van der Waals surface area contributed by atoms with Crippen LogP contribution in [0.4, 0.5) is 0 Å². The van der Waals surface area contributed by atoms with Gasteiger partial charge < -0.3 is 5.32 Å². The molecule has 0 spiro atoms. The van der Waals surface area contributed by atoms with Crippen LogP contribution in [0, 0.1) is 0 Å². The predicted molar refractivity (Wildman–Crippen MR) is 51.1 cm³/mol. The maximum Gasteiger partial charge on any atom is 0.174 e. The third-order valence-corrected chi connectivity index (χ3v) is 3.02. The summed E-state index contributed by atoms with van der Waals surface area (Å²) < 4.78 is 0. The zero-order valence-electron chi connectivity index (χ0n) is 6.96. The van der Waals surface area contributed by atoms with E-state index in [1.807, 2.05) is 12.2 Å². The summed E-state index contributed by atoms with van der Waals surface area (Å²) in [6, 6.07) is 0.371. The van der Waals surface area contributed by atoms with Crippen LogP contribution in [-0.4, -0.2) is 23.3 Å². The van der Waals surface area contributed by atoms with E-state index >= 15 is 0 Å². The summed E-state index contributed by atoms with van der Waals surface area (Å²) in [5.41, 5.74) is 2.01. The van der Waals surface area contributed by atoms with Gasteiger partial charge in [0.25, 0.3) is 0 Å². The van der Waals surface area contributed by atoms with Crippen LogP contribution in [0.15, 0.2) is 23.4 Å². The molecule has 2 rings (SSSR count). The van der Waals surface area contributed by atoms with Crippen molar-refractivity contribution in [3.63, 3.8) is 0 Å². The third-order valence-electron chi connectivity index (χ3n) is 2.06. The molecule has 0 aliphatic carbocycles. The van der Waals surface area contributed by atoms with Crippen LogP contribution >= 0.6 is 11.8 Å². The predicted octanol–water partition coefficient (Wildman–Crippen LogP) is 1.10. The number of thioether (sulfide) groups is 1. The second-order valence-electron chi connectivity index (χ2n) is 3.10. The number of carbonyl (C=O) groups excluding carboxylic acids is 1. The number of hydrogen-bond donors (Lipinski definition) is 1. The molecule has 0 saturated carbocycles. The SMILES string of the molecule is CC1C=CC2=C(CSCC2=O)N1. The summed E-state index contributed by atoms with van der Waals surface area (Å²) in [4.78, 5) is 11.4. The highest BCUT2D eigenvalue weighted by molar-refractivity contribution is 8.00. The van der Waals surface area contributed by atoms with Gasteiger partial charge in [-0.3, -0.25) is 4.79 Å². The first-order valence-electron chi connectivity index (χ1n) is 4.06. The van der Waals surface area contributed by atoms with E-state index in [0.29, 0.717) is 11.8 Å². The fourth-order valence-electron chi connectivity index (χ4n) is 1.45. The van der Waals surface area contributed by atoms with Gasteiger partial charge in [0.05, 0.1) is 5.75 Å². The number of carbonyl (C=O) groups is 1. The molecular formula is C9H11NOS. The number of ketones is 1. The van der Waals surface area contributed by atoms with Gasteiger partial charge in [0, 0.05) is 23.1 Å². The second-order valence-corrected chi connectivity index (χ2v) is 4.09. The Morgan fingerprint density at radius 3 is 3.25 bits per heavy atom. The molecule has 12 heavy (non-hydrogen) atoms. The molecule has 1 unspecified atom stereocenters. The zero-order valence-corrected chi connectivity index (χ0v) is 7.78. The van der Waals surface area contributed by atoms with Crippen LogP contribution in [0.3, 0.4) is 0 Å². The van der Waals surface area contributed by atoms with E-state index in [4.69, 9.17) is 0 Å². The molecule has 1 atom stereocenters. The quantitative estimate of drug-likeness (QED) is 0.607. The van der Waals surface area contributed by atoms with Crippen LogP contribution in [0.2, 0.25) is 0 Å². The average molecular weight is 181 g/mol. The lowest BCUT2D eigenvalue weighted by Crippen LogP contribution is -2.32. The number of Topliss-reactive ketones (excluding diaryl/α,β-unsaturated/α-hetero) is 1. The van der Waals surface area contributed by atoms with Gasteiger partial charge in [-0.1, -0.05) is 12.2 Å². The molecule has 0 amide bonds. The Hall–Kier alpha value is -0.700. The average Bonchev–Trinajstić information content (AvgIpc) is 2.04. The Labute approximate surface area is 76.1 Å². The number of allylic oxidation sites excluding steroid dienone is 2. The zero-order chi connectivity index (χ0) is 8.55. The van der Waals surface area contributed by atoms with Gasteiger partial charge in [0.2, 0.25) is 0 Å². The summed E-state index contributed by atoms with van der Waals surface area (Å²) >= 11 is 1.69. The minimum Gasteiger partial charge on any atom is -0.381 e. The highest BCUT2D eigenvalue weighted by Crippen LogP contribution is 2.23. The van der Waals surface area contributed by atoms with Crippen molar-refractivity contribution in [1.82, 2.24) is 5.32 Å². The highest BCUT2D eigenvalue weighted by atomic mass is 32.2. The maximum atomic E-state index is 11.4. The second kappa shape index (κ2) is 2.98. The Morgan fingerprint density at radius 1 is 1.58 bits per heavy atom. The summed E-state index contributed by atoms with van der Waals surface area (Å²) in [6.07, 6.45) is 3.99. The lowest BCUT2D eigenvalue weighted by atomic mass is 10.0. The van der Waals surface area contributed by atoms with E-state index in [9.17, 15) is 4.79 Å². The number of nitrogens with one attached hydrogen (secondary N) is 1. The van der Waals surface area contributed by atoms with E-state index in [1.54, 1.807) is 11.8 Å². The molecule has 0 bridgehead atoms. The molecule has 64 valence electrons. The van der Waals surface area contributed by atoms with Crippen molar-refractivity contribution in [2.24, 2.45) is 0 Å². The van der Waals surface area contributed by atoms with Crippen molar-refractivity contribution in [3.05, 3.63) is 23.4 Å². The first-order valence-corrected chi connectivity index (χ1v) is 5.21. The summed E-state index contributed by atoms with van der Waals surface area (Å²) in [5.74, 6) is 1.85. The van der Waals surface area contributed by atoms with Crippen LogP contribution in [0.25, 0.3) is 0 Å². The molecule has 0 radical (unpaired) electrons. The first kappa shape index (κ1) is 7.92. The Kier molecular flexibility index (Phi) is 1.97. The van der Waals surface area contributed by atoms with Crippen LogP contribution in [-0.2, 0) is 4.79 Å². The van der Waals surface area contributed by atoms with Crippen molar-refractivity contribution < 1.29 is 4.79 Å². The minimum atomic E-state index is 0.261. The van der Waals surface area contributed by atoms with Crippen LogP contribution in [0.1, 0.15) is 6.92 Å². The smallest absolute Gasteiger partial charge is 0.174 e. The van der Waals surface area contributed by atoms with Crippen molar-refractivity contribution >= 4 is 17.5 Å². The molecule has 3 heteroatoms. The maximum absolute atomic E-state index is 11.4.